The third-order valence-electron chi connectivity index (χ3n) is 2.21. The number of hydrogen-bond acceptors (Lipinski definition) is 1. The summed E-state index contributed by atoms with van der Waals surface area (Å²) in [6.07, 6.45) is -3.21. The molecule has 0 saturated carbocycles. The molecular weight excluding hydrogens is 181 g/mol. The van der Waals surface area contributed by atoms with Crippen LogP contribution in [0.2, 0.25) is 0 Å². The third kappa shape index (κ3) is 8.09. The molecule has 0 saturated heterocycles. The molecule has 0 aliphatic rings. The SMILES string of the molecule is CC(C)C(C)CCCOC(F)(F)F. The number of hydrogen-bond donors (Lipinski definition) is 0. The Bertz CT molecular complexity index is 131. The first-order valence-electron chi connectivity index (χ1n) is 4.53. The van der Waals surface area contributed by atoms with Crippen molar-refractivity contribution < 1.29 is 17.9 Å². The largest absolute Gasteiger partial charge is 0.522 e. The lowest BCUT2D eigenvalue weighted by atomic mass is 9.93. The van der Waals surface area contributed by atoms with E-state index in [1.807, 2.05) is 6.92 Å². The predicted octanol–water partition coefficient (Wildman–Crippen LogP) is 3.60. The van der Waals surface area contributed by atoms with Crippen molar-refractivity contribution in [1.29, 1.82) is 0 Å². The van der Waals surface area contributed by atoms with Gasteiger partial charge >= 0.3 is 6.36 Å². The zero-order valence-corrected chi connectivity index (χ0v) is 8.32. The van der Waals surface area contributed by atoms with Crippen LogP contribution in [0.25, 0.3) is 0 Å². The minimum Gasteiger partial charge on any atom is -0.292 e. The topological polar surface area (TPSA) is 9.23 Å². The van der Waals surface area contributed by atoms with Crippen molar-refractivity contribution in [2.24, 2.45) is 11.8 Å². The van der Waals surface area contributed by atoms with E-state index < -0.39 is 6.36 Å². The number of rotatable bonds is 5. The van der Waals surface area contributed by atoms with Crippen LogP contribution in [0.1, 0.15) is 33.6 Å². The standard InChI is InChI=1S/C9H17F3O/c1-7(2)8(3)5-4-6-13-9(10,11)12/h7-8H,4-6H2,1-3H3. The Morgan fingerprint density at radius 2 is 1.69 bits per heavy atom. The van der Waals surface area contributed by atoms with Crippen LogP contribution in [0.5, 0.6) is 0 Å². The molecule has 1 nitrogen and oxygen atoms in total. The van der Waals surface area contributed by atoms with Crippen LogP contribution < -0.4 is 0 Å². The molecule has 4 heteroatoms. The molecule has 0 aromatic carbocycles. The summed E-state index contributed by atoms with van der Waals surface area (Å²) in [4.78, 5) is 0. The second-order valence-electron chi connectivity index (χ2n) is 3.66. The summed E-state index contributed by atoms with van der Waals surface area (Å²) in [7, 11) is 0. The average Bonchev–Trinajstić information content (AvgIpc) is 1.95. The van der Waals surface area contributed by atoms with Gasteiger partial charge in [-0.3, -0.25) is 4.74 Å². The van der Waals surface area contributed by atoms with Gasteiger partial charge in [0.25, 0.3) is 0 Å². The van der Waals surface area contributed by atoms with Gasteiger partial charge in [-0.25, -0.2) is 0 Å². The summed E-state index contributed by atoms with van der Waals surface area (Å²) in [5.41, 5.74) is 0. The highest BCUT2D eigenvalue weighted by Crippen LogP contribution is 2.19. The summed E-state index contributed by atoms with van der Waals surface area (Å²) >= 11 is 0. The molecule has 0 aromatic heterocycles. The monoisotopic (exact) mass is 198 g/mol. The molecule has 0 bridgehead atoms. The van der Waals surface area contributed by atoms with Gasteiger partial charge in [0.05, 0.1) is 6.61 Å². The lowest BCUT2D eigenvalue weighted by Crippen LogP contribution is -2.15. The van der Waals surface area contributed by atoms with E-state index in [-0.39, 0.29) is 6.61 Å². The van der Waals surface area contributed by atoms with Gasteiger partial charge in [0.15, 0.2) is 0 Å². The van der Waals surface area contributed by atoms with Crippen molar-refractivity contribution >= 4 is 0 Å². The van der Waals surface area contributed by atoms with Crippen LogP contribution >= 0.6 is 0 Å². The van der Waals surface area contributed by atoms with E-state index in [2.05, 4.69) is 18.6 Å². The maximum Gasteiger partial charge on any atom is 0.522 e. The molecule has 0 fully saturated rings. The molecule has 0 N–H and O–H groups in total. The second-order valence-corrected chi connectivity index (χ2v) is 3.66. The minimum absolute atomic E-state index is 0.222. The Labute approximate surface area is 77.3 Å². The van der Waals surface area contributed by atoms with Gasteiger partial charge in [0.2, 0.25) is 0 Å². The molecule has 1 atom stereocenters. The van der Waals surface area contributed by atoms with Gasteiger partial charge in [0.1, 0.15) is 0 Å². The van der Waals surface area contributed by atoms with Crippen LogP contribution in [0.15, 0.2) is 0 Å². The van der Waals surface area contributed by atoms with Crippen LogP contribution in [0.3, 0.4) is 0 Å². The van der Waals surface area contributed by atoms with E-state index in [1.54, 1.807) is 0 Å². The Hall–Kier alpha value is -0.250. The number of halogens is 3. The molecule has 80 valence electrons. The van der Waals surface area contributed by atoms with Crippen molar-refractivity contribution in [1.82, 2.24) is 0 Å². The van der Waals surface area contributed by atoms with E-state index in [0.29, 0.717) is 18.3 Å². The summed E-state index contributed by atoms with van der Waals surface area (Å²) in [5.74, 6) is 0.975. The predicted molar refractivity (Wildman–Crippen MR) is 45.2 cm³/mol. The summed E-state index contributed by atoms with van der Waals surface area (Å²) in [6.45, 7) is 5.95. The maximum atomic E-state index is 11.5. The van der Waals surface area contributed by atoms with Crippen molar-refractivity contribution in [2.45, 2.75) is 40.0 Å². The highest BCUT2D eigenvalue weighted by molar-refractivity contribution is 4.56. The molecule has 13 heavy (non-hydrogen) atoms. The molecule has 0 aliphatic carbocycles. The zero-order valence-electron chi connectivity index (χ0n) is 8.32. The van der Waals surface area contributed by atoms with Crippen molar-refractivity contribution in [3.63, 3.8) is 0 Å². The lowest BCUT2D eigenvalue weighted by Gasteiger charge is -2.15. The molecule has 0 amide bonds. The van der Waals surface area contributed by atoms with Gasteiger partial charge in [-0.15, -0.1) is 13.2 Å². The number of ether oxygens (including phenoxy) is 1. The Morgan fingerprint density at radius 3 is 2.08 bits per heavy atom. The summed E-state index contributed by atoms with van der Waals surface area (Å²) in [5, 5.41) is 0. The van der Waals surface area contributed by atoms with Gasteiger partial charge in [0, 0.05) is 0 Å². The quantitative estimate of drug-likeness (QED) is 0.613. The molecule has 0 aromatic rings. The average molecular weight is 198 g/mol. The third-order valence-corrected chi connectivity index (χ3v) is 2.21. The van der Waals surface area contributed by atoms with Crippen molar-refractivity contribution in [3.8, 4) is 0 Å². The van der Waals surface area contributed by atoms with Crippen LogP contribution in [0.4, 0.5) is 13.2 Å². The van der Waals surface area contributed by atoms with Crippen LogP contribution in [-0.2, 0) is 4.74 Å². The van der Waals surface area contributed by atoms with E-state index in [0.717, 1.165) is 6.42 Å². The van der Waals surface area contributed by atoms with E-state index in [1.165, 1.54) is 0 Å². The van der Waals surface area contributed by atoms with Crippen molar-refractivity contribution in [3.05, 3.63) is 0 Å². The summed E-state index contributed by atoms with van der Waals surface area (Å²) in [6, 6.07) is 0. The first-order valence-corrected chi connectivity index (χ1v) is 4.53. The summed E-state index contributed by atoms with van der Waals surface area (Å²) < 4.78 is 38.2. The van der Waals surface area contributed by atoms with Gasteiger partial charge < -0.3 is 0 Å². The van der Waals surface area contributed by atoms with Gasteiger partial charge in [-0.1, -0.05) is 20.8 Å². The Kier molecular flexibility index (Phi) is 5.37. The van der Waals surface area contributed by atoms with Gasteiger partial charge in [-0.2, -0.15) is 0 Å². The zero-order chi connectivity index (χ0) is 10.5. The molecule has 1 unspecified atom stereocenters. The van der Waals surface area contributed by atoms with Crippen LogP contribution in [-0.4, -0.2) is 13.0 Å². The fraction of sp³-hybridized carbons (Fsp3) is 1.00. The van der Waals surface area contributed by atoms with Crippen molar-refractivity contribution in [2.75, 3.05) is 6.61 Å². The van der Waals surface area contributed by atoms with Crippen LogP contribution in [0, 0.1) is 11.8 Å². The fourth-order valence-corrected chi connectivity index (χ4v) is 0.927. The smallest absolute Gasteiger partial charge is 0.292 e. The lowest BCUT2D eigenvalue weighted by molar-refractivity contribution is -0.324. The fourth-order valence-electron chi connectivity index (χ4n) is 0.927. The molecule has 0 rings (SSSR count). The maximum absolute atomic E-state index is 11.5. The normalized spacial score (nSPS) is 15.0. The molecule has 0 radical (unpaired) electrons. The minimum atomic E-state index is -4.47. The van der Waals surface area contributed by atoms with Gasteiger partial charge in [-0.05, 0) is 24.7 Å². The second kappa shape index (κ2) is 5.47. The van der Waals surface area contributed by atoms with E-state index in [9.17, 15) is 13.2 Å². The molecule has 0 aliphatic heterocycles. The highest BCUT2D eigenvalue weighted by atomic mass is 19.4. The molecule has 0 spiro atoms. The number of alkyl halides is 3. The van der Waals surface area contributed by atoms with E-state index >= 15 is 0 Å². The highest BCUT2D eigenvalue weighted by Gasteiger charge is 2.28. The van der Waals surface area contributed by atoms with E-state index in [4.69, 9.17) is 0 Å². The Morgan fingerprint density at radius 1 is 1.15 bits per heavy atom. The first kappa shape index (κ1) is 12.8. The Balaban J connectivity index is 3.36. The molecular formula is C9H17F3O. The molecule has 0 heterocycles. The first-order chi connectivity index (χ1) is 5.83.